The number of thiocarbonyl (C=S) groups is 1. The Kier molecular flexibility index (Phi) is 4.64. The SMILES string of the molecule is Cc1cccc(C=C2C(=O)NC(=S)N(c3cccc(C(=O)O)c3)C2=O)c1. The average Bonchev–Trinajstić information content (AvgIpc) is 2.59. The molecule has 0 aromatic heterocycles. The van der Waals surface area contributed by atoms with Gasteiger partial charge in [-0.3, -0.25) is 19.8 Å². The molecule has 0 radical (unpaired) electrons. The number of hydrogen-bond donors (Lipinski definition) is 2. The molecule has 7 heteroatoms. The molecule has 130 valence electrons. The van der Waals surface area contributed by atoms with Crippen LogP contribution in [0.3, 0.4) is 0 Å². The number of amides is 2. The normalized spacial score (nSPS) is 16.0. The average molecular weight is 366 g/mol. The minimum Gasteiger partial charge on any atom is -0.478 e. The fourth-order valence-corrected chi connectivity index (χ4v) is 2.88. The standard InChI is InChI=1S/C19H14N2O4S/c1-11-4-2-5-12(8-11)9-15-16(22)20-19(26)21(17(15)23)14-7-3-6-13(10-14)18(24)25/h2-10H,1H3,(H,24,25)(H,20,22,26). The first-order valence-corrected chi connectivity index (χ1v) is 8.09. The van der Waals surface area contributed by atoms with Crippen LogP contribution >= 0.6 is 12.2 Å². The molecule has 0 atom stereocenters. The van der Waals surface area contributed by atoms with E-state index in [1.165, 1.54) is 24.3 Å². The zero-order chi connectivity index (χ0) is 18.8. The predicted molar refractivity (Wildman–Crippen MR) is 101 cm³/mol. The molecule has 2 amide bonds. The number of rotatable bonds is 3. The summed E-state index contributed by atoms with van der Waals surface area (Å²) < 4.78 is 0. The van der Waals surface area contributed by atoms with Gasteiger partial charge >= 0.3 is 5.97 Å². The van der Waals surface area contributed by atoms with Crippen molar-refractivity contribution in [3.63, 3.8) is 0 Å². The third-order valence-corrected chi connectivity index (χ3v) is 4.09. The van der Waals surface area contributed by atoms with Crippen molar-refractivity contribution in [3.8, 4) is 0 Å². The molecule has 1 aliphatic rings. The van der Waals surface area contributed by atoms with Crippen LogP contribution in [0.2, 0.25) is 0 Å². The van der Waals surface area contributed by atoms with Crippen molar-refractivity contribution in [2.45, 2.75) is 6.92 Å². The summed E-state index contributed by atoms with van der Waals surface area (Å²) in [6.07, 6.45) is 1.49. The predicted octanol–water partition coefficient (Wildman–Crippen LogP) is 2.52. The van der Waals surface area contributed by atoms with E-state index in [0.29, 0.717) is 5.56 Å². The topological polar surface area (TPSA) is 86.7 Å². The summed E-state index contributed by atoms with van der Waals surface area (Å²) in [5, 5.41) is 11.5. The summed E-state index contributed by atoms with van der Waals surface area (Å²) >= 11 is 5.11. The van der Waals surface area contributed by atoms with Crippen LogP contribution in [0.4, 0.5) is 5.69 Å². The fourth-order valence-electron chi connectivity index (χ4n) is 2.60. The first-order chi connectivity index (χ1) is 12.4. The van der Waals surface area contributed by atoms with E-state index in [2.05, 4.69) is 5.32 Å². The molecular weight excluding hydrogens is 352 g/mol. The molecule has 3 rings (SSSR count). The Morgan fingerprint density at radius 1 is 1.15 bits per heavy atom. The molecule has 2 aromatic rings. The molecule has 0 unspecified atom stereocenters. The van der Waals surface area contributed by atoms with E-state index < -0.39 is 17.8 Å². The number of carbonyl (C=O) groups excluding carboxylic acids is 2. The zero-order valence-corrected chi connectivity index (χ0v) is 14.5. The van der Waals surface area contributed by atoms with E-state index >= 15 is 0 Å². The lowest BCUT2D eigenvalue weighted by Gasteiger charge is -2.29. The smallest absolute Gasteiger partial charge is 0.335 e. The van der Waals surface area contributed by atoms with Gasteiger partial charge in [-0.05, 0) is 49.0 Å². The van der Waals surface area contributed by atoms with Gasteiger partial charge in [-0.25, -0.2) is 4.79 Å². The number of aryl methyl sites for hydroxylation is 1. The molecule has 0 spiro atoms. The highest BCUT2D eigenvalue weighted by atomic mass is 32.1. The van der Waals surface area contributed by atoms with Gasteiger partial charge in [0.25, 0.3) is 11.8 Å². The van der Waals surface area contributed by atoms with E-state index in [-0.39, 0.29) is 21.9 Å². The number of nitrogens with one attached hydrogen (secondary N) is 1. The molecule has 6 nitrogen and oxygen atoms in total. The van der Waals surface area contributed by atoms with Gasteiger partial charge in [0.05, 0.1) is 11.3 Å². The lowest BCUT2D eigenvalue weighted by Crippen LogP contribution is -2.54. The van der Waals surface area contributed by atoms with Gasteiger partial charge in [-0.2, -0.15) is 0 Å². The molecule has 1 heterocycles. The van der Waals surface area contributed by atoms with Crippen molar-refractivity contribution in [1.82, 2.24) is 5.32 Å². The Bertz CT molecular complexity index is 981. The molecule has 2 aromatic carbocycles. The maximum atomic E-state index is 12.9. The second-order valence-corrected chi connectivity index (χ2v) is 6.11. The lowest BCUT2D eigenvalue weighted by atomic mass is 10.0. The molecule has 0 bridgehead atoms. The maximum Gasteiger partial charge on any atom is 0.335 e. The van der Waals surface area contributed by atoms with Crippen molar-refractivity contribution in [3.05, 3.63) is 70.8 Å². The second kappa shape index (κ2) is 6.89. The Balaban J connectivity index is 2.03. The Labute approximate surface area is 154 Å². The Hall–Kier alpha value is -3.32. The monoisotopic (exact) mass is 366 g/mol. The summed E-state index contributed by atoms with van der Waals surface area (Å²) in [7, 11) is 0. The first kappa shape index (κ1) is 17.5. The minimum absolute atomic E-state index is 0.0132. The fraction of sp³-hybridized carbons (Fsp3) is 0.0526. The largest absolute Gasteiger partial charge is 0.478 e. The van der Waals surface area contributed by atoms with Crippen LogP contribution in [-0.2, 0) is 9.59 Å². The van der Waals surface area contributed by atoms with Crippen molar-refractivity contribution in [2.75, 3.05) is 4.90 Å². The number of carboxylic acids is 1. The van der Waals surface area contributed by atoms with Gasteiger partial charge in [-0.15, -0.1) is 0 Å². The van der Waals surface area contributed by atoms with E-state index in [9.17, 15) is 14.4 Å². The van der Waals surface area contributed by atoms with E-state index in [1.807, 2.05) is 25.1 Å². The lowest BCUT2D eigenvalue weighted by molar-refractivity contribution is -0.122. The molecule has 2 N–H and O–H groups in total. The van der Waals surface area contributed by atoms with Crippen LogP contribution < -0.4 is 10.2 Å². The number of nitrogens with zero attached hydrogens (tertiary/aromatic N) is 1. The number of carbonyl (C=O) groups is 3. The highest BCUT2D eigenvalue weighted by Gasteiger charge is 2.34. The molecule has 0 aliphatic carbocycles. The van der Waals surface area contributed by atoms with Crippen molar-refractivity contribution in [1.29, 1.82) is 0 Å². The van der Waals surface area contributed by atoms with Crippen LogP contribution in [0.5, 0.6) is 0 Å². The molecular formula is C19H14N2O4S. The van der Waals surface area contributed by atoms with Crippen molar-refractivity contribution < 1.29 is 19.5 Å². The molecule has 26 heavy (non-hydrogen) atoms. The highest BCUT2D eigenvalue weighted by molar-refractivity contribution is 7.80. The van der Waals surface area contributed by atoms with E-state index in [4.69, 9.17) is 17.3 Å². The maximum absolute atomic E-state index is 12.9. The molecule has 1 fully saturated rings. The molecule has 1 aliphatic heterocycles. The number of hydrogen-bond acceptors (Lipinski definition) is 4. The minimum atomic E-state index is -1.12. The Morgan fingerprint density at radius 2 is 1.88 bits per heavy atom. The van der Waals surface area contributed by atoms with Crippen LogP contribution in [0.15, 0.2) is 54.1 Å². The summed E-state index contributed by atoms with van der Waals surface area (Å²) in [5.74, 6) is -2.32. The Morgan fingerprint density at radius 3 is 2.58 bits per heavy atom. The quantitative estimate of drug-likeness (QED) is 0.495. The number of carboxylic acid groups (broad SMARTS) is 1. The van der Waals surface area contributed by atoms with Crippen LogP contribution in [0, 0.1) is 6.92 Å². The summed E-state index contributed by atoms with van der Waals surface area (Å²) in [4.78, 5) is 37.4. The number of benzene rings is 2. The summed E-state index contributed by atoms with van der Waals surface area (Å²) in [6.45, 7) is 1.91. The van der Waals surface area contributed by atoms with E-state index in [0.717, 1.165) is 10.5 Å². The molecule has 0 saturated carbocycles. The number of anilines is 1. The van der Waals surface area contributed by atoms with Gasteiger partial charge in [0.2, 0.25) is 0 Å². The molecule has 1 saturated heterocycles. The summed E-state index contributed by atoms with van der Waals surface area (Å²) in [5.41, 5.74) is 1.90. The first-order valence-electron chi connectivity index (χ1n) is 7.68. The van der Waals surface area contributed by atoms with Crippen LogP contribution in [0.1, 0.15) is 21.5 Å². The van der Waals surface area contributed by atoms with Crippen molar-refractivity contribution in [2.24, 2.45) is 0 Å². The third-order valence-electron chi connectivity index (χ3n) is 3.81. The highest BCUT2D eigenvalue weighted by Crippen LogP contribution is 2.23. The number of aromatic carboxylic acids is 1. The third kappa shape index (κ3) is 3.38. The second-order valence-electron chi connectivity index (χ2n) is 5.73. The van der Waals surface area contributed by atoms with Gasteiger partial charge in [0, 0.05) is 0 Å². The van der Waals surface area contributed by atoms with Gasteiger partial charge < -0.3 is 5.11 Å². The summed E-state index contributed by atoms with van der Waals surface area (Å²) in [6, 6.07) is 13.2. The zero-order valence-electron chi connectivity index (χ0n) is 13.7. The van der Waals surface area contributed by atoms with Gasteiger partial charge in [-0.1, -0.05) is 35.9 Å². The van der Waals surface area contributed by atoms with Gasteiger partial charge in [0.15, 0.2) is 5.11 Å². The van der Waals surface area contributed by atoms with Crippen LogP contribution in [0.25, 0.3) is 6.08 Å². The van der Waals surface area contributed by atoms with Gasteiger partial charge in [0.1, 0.15) is 5.57 Å². The van der Waals surface area contributed by atoms with Crippen LogP contribution in [-0.4, -0.2) is 28.0 Å². The van der Waals surface area contributed by atoms with E-state index in [1.54, 1.807) is 12.1 Å². The van der Waals surface area contributed by atoms with Crippen molar-refractivity contribution >= 4 is 46.9 Å².